The molecule has 3 heteroatoms. The largest absolute Gasteiger partial charge is 0.352 e. The summed E-state index contributed by atoms with van der Waals surface area (Å²) in [5.74, 6) is 2.25. The fourth-order valence-corrected chi connectivity index (χ4v) is 0.248. The number of rotatable bonds is 2. The Morgan fingerprint density at radius 1 is 1.80 bits per heavy atom. The van der Waals surface area contributed by atoms with Crippen LogP contribution < -0.4 is 11.1 Å². The van der Waals surface area contributed by atoms with E-state index in [-0.39, 0.29) is 0 Å². The highest BCUT2D eigenvalue weighted by Gasteiger charge is 1.83. The van der Waals surface area contributed by atoms with Gasteiger partial charge in [0.05, 0.1) is 0 Å². The van der Waals surface area contributed by atoms with Gasteiger partial charge in [-0.05, 0) is 13.3 Å². The van der Waals surface area contributed by atoms with Crippen LogP contribution in [-0.2, 0) is 0 Å². The highest BCUT2D eigenvalue weighted by atomic mass is 16.2. The van der Waals surface area contributed by atoms with Gasteiger partial charge in [0.15, 0.2) is 0 Å². The van der Waals surface area contributed by atoms with Crippen molar-refractivity contribution in [2.75, 3.05) is 6.54 Å². The van der Waals surface area contributed by atoms with Gasteiger partial charge < -0.3 is 11.1 Å². The van der Waals surface area contributed by atoms with E-state index >= 15 is 0 Å². The molecule has 2 amide bonds. The van der Waals surface area contributed by atoms with Crippen molar-refractivity contribution in [3.8, 4) is 12.3 Å². The summed E-state index contributed by atoms with van der Waals surface area (Å²) in [6.07, 6.45) is 5.53. The SMILES string of the molecule is C#CC.CCCNC(N)=O. The minimum Gasteiger partial charge on any atom is -0.352 e. The molecule has 0 rings (SSSR count). The smallest absolute Gasteiger partial charge is 0.312 e. The lowest BCUT2D eigenvalue weighted by molar-refractivity contribution is 0.249. The van der Waals surface area contributed by atoms with E-state index < -0.39 is 6.03 Å². The van der Waals surface area contributed by atoms with Gasteiger partial charge in [-0.3, -0.25) is 0 Å². The lowest BCUT2D eigenvalue weighted by Gasteiger charge is -1.93. The first kappa shape index (κ1) is 11.6. The molecule has 0 radical (unpaired) electrons. The van der Waals surface area contributed by atoms with Crippen molar-refractivity contribution in [2.24, 2.45) is 5.73 Å². The van der Waals surface area contributed by atoms with Crippen LogP contribution in [0.3, 0.4) is 0 Å². The van der Waals surface area contributed by atoms with Gasteiger partial charge in [0, 0.05) is 6.54 Å². The first-order valence-electron chi connectivity index (χ1n) is 3.09. The Kier molecular flexibility index (Phi) is 12.5. The summed E-state index contributed by atoms with van der Waals surface area (Å²) in [6, 6.07) is -0.443. The van der Waals surface area contributed by atoms with E-state index in [1.54, 1.807) is 6.92 Å². The predicted molar refractivity (Wildman–Crippen MR) is 42.4 cm³/mol. The molecule has 0 saturated heterocycles. The van der Waals surface area contributed by atoms with Crippen LogP contribution in [0.5, 0.6) is 0 Å². The van der Waals surface area contributed by atoms with Gasteiger partial charge in [0.1, 0.15) is 0 Å². The maximum Gasteiger partial charge on any atom is 0.312 e. The number of amides is 2. The molecule has 3 N–H and O–H groups in total. The molecule has 0 aromatic carbocycles. The van der Waals surface area contributed by atoms with Crippen LogP contribution in [0.15, 0.2) is 0 Å². The molecule has 0 aliphatic carbocycles. The second-order valence-electron chi connectivity index (χ2n) is 1.58. The van der Waals surface area contributed by atoms with Gasteiger partial charge in [0.25, 0.3) is 0 Å². The van der Waals surface area contributed by atoms with Gasteiger partial charge in [-0.15, -0.1) is 12.3 Å². The van der Waals surface area contributed by atoms with Gasteiger partial charge in [0.2, 0.25) is 0 Å². The van der Waals surface area contributed by atoms with E-state index in [4.69, 9.17) is 5.73 Å². The molecular formula is C7H14N2O. The summed E-state index contributed by atoms with van der Waals surface area (Å²) in [6.45, 7) is 4.30. The highest BCUT2D eigenvalue weighted by molar-refractivity contribution is 5.71. The molecule has 10 heavy (non-hydrogen) atoms. The standard InChI is InChI=1S/C4H10N2O.C3H4/c1-2-3-6-4(5)7;1-3-2/h2-3H2,1H3,(H3,5,6,7);1H,2H3. The zero-order valence-corrected chi connectivity index (χ0v) is 6.48. The average molecular weight is 142 g/mol. The van der Waals surface area contributed by atoms with E-state index in [0.717, 1.165) is 6.42 Å². The fraction of sp³-hybridized carbons (Fsp3) is 0.571. The third kappa shape index (κ3) is 29.0. The molecule has 0 atom stereocenters. The number of primary amides is 1. The third-order valence-corrected chi connectivity index (χ3v) is 0.549. The maximum absolute atomic E-state index is 9.87. The summed E-state index contributed by atoms with van der Waals surface area (Å²) < 4.78 is 0. The summed E-state index contributed by atoms with van der Waals surface area (Å²) >= 11 is 0. The van der Waals surface area contributed by atoms with Crippen LogP contribution in [0.1, 0.15) is 20.3 Å². The Hall–Kier alpha value is -1.17. The fourth-order valence-electron chi connectivity index (χ4n) is 0.248. The van der Waals surface area contributed by atoms with E-state index in [1.807, 2.05) is 6.92 Å². The van der Waals surface area contributed by atoms with Crippen molar-refractivity contribution in [1.82, 2.24) is 5.32 Å². The summed E-state index contributed by atoms with van der Waals surface area (Å²) in [5.41, 5.74) is 4.73. The Balaban J connectivity index is 0. The first-order chi connectivity index (χ1) is 4.68. The van der Waals surface area contributed by atoms with E-state index in [9.17, 15) is 4.79 Å². The zero-order valence-electron chi connectivity index (χ0n) is 6.48. The number of hydrogen-bond acceptors (Lipinski definition) is 1. The van der Waals surface area contributed by atoms with Crippen molar-refractivity contribution < 1.29 is 4.79 Å². The molecule has 0 aliphatic heterocycles. The van der Waals surface area contributed by atoms with Gasteiger partial charge >= 0.3 is 6.03 Å². The third-order valence-electron chi connectivity index (χ3n) is 0.549. The molecule has 0 saturated carbocycles. The lowest BCUT2D eigenvalue weighted by Crippen LogP contribution is -2.29. The van der Waals surface area contributed by atoms with Crippen LogP contribution in [0.4, 0.5) is 4.79 Å². The normalized spacial score (nSPS) is 6.50. The van der Waals surface area contributed by atoms with Crippen LogP contribution in [0, 0.1) is 12.3 Å². The molecule has 0 spiro atoms. The van der Waals surface area contributed by atoms with Crippen molar-refractivity contribution in [2.45, 2.75) is 20.3 Å². The number of hydrogen-bond donors (Lipinski definition) is 2. The molecule has 0 unspecified atom stereocenters. The van der Waals surface area contributed by atoms with Crippen LogP contribution in [-0.4, -0.2) is 12.6 Å². The molecule has 3 nitrogen and oxygen atoms in total. The molecule has 58 valence electrons. The maximum atomic E-state index is 9.87. The van der Waals surface area contributed by atoms with Gasteiger partial charge in [-0.2, -0.15) is 0 Å². The number of nitrogens with one attached hydrogen (secondary N) is 1. The second kappa shape index (κ2) is 10.7. The van der Waals surface area contributed by atoms with Crippen LogP contribution >= 0.6 is 0 Å². The Morgan fingerprint density at radius 3 is 2.30 bits per heavy atom. The number of carbonyl (C=O) groups is 1. The molecule has 0 bridgehead atoms. The van der Waals surface area contributed by atoms with E-state index in [0.29, 0.717) is 6.54 Å². The lowest BCUT2D eigenvalue weighted by atomic mass is 10.5. The van der Waals surface area contributed by atoms with E-state index in [2.05, 4.69) is 17.7 Å². The topological polar surface area (TPSA) is 55.1 Å². The molecule has 0 fully saturated rings. The number of nitrogens with two attached hydrogens (primary N) is 1. The number of terminal acetylenes is 1. The Bertz CT molecular complexity index is 115. The number of urea groups is 1. The number of carbonyl (C=O) groups excluding carboxylic acids is 1. The van der Waals surface area contributed by atoms with Crippen LogP contribution in [0.25, 0.3) is 0 Å². The van der Waals surface area contributed by atoms with Crippen molar-refractivity contribution in [3.05, 3.63) is 0 Å². The zero-order chi connectivity index (χ0) is 8.41. The average Bonchev–Trinajstić information content (AvgIpc) is 1.85. The van der Waals surface area contributed by atoms with Crippen LogP contribution in [0.2, 0.25) is 0 Å². The highest BCUT2D eigenvalue weighted by Crippen LogP contribution is 1.66. The van der Waals surface area contributed by atoms with Crippen molar-refractivity contribution in [1.29, 1.82) is 0 Å². The molecule has 0 aromatic rings. The van der Waals surface area contributed by atoms with Crippen molar-refractivity contribution >= 4 is 6.03 Å². The predicted octanol–water partition coefficient (Wildman–Crippen LogP) is 0.704. The van der Waals surface area contributed by atoms with Gasteiger partial charge in [-0.1, -0.05) is 6.92 Å². The minimum atomic E-state index is -0.443. The Morgan fingerprint density at radius 2 is 2.20 bits per heavy atom. The quantitative estimate of drug-likeness (QED) is 0.548. The summed E-state index contributed by atoms with van der Waals surface area (Å²) in [7, 11) is 0. The molecule has 0 aromatic heterocycles. The monoisotopic (exact) mass is 142 g/mol. The molecule has 0 heterocycles. The van der Waals surface area contributed by atoms with Crippen molar-refractivity contribution in [3.63, 3.8) is 0 Å². The summed E-state index contributed by atoms with van der Waals surface area (Å²) in [5, 5.41) is 2.43. The van der Waals surface area contributed by atoms with Gasteiger partial charge in [-0.25, -0.2) is 4.79 Å². The minimum absolute atomic E-state index is 0.443. The second-order valence-corrected chi connectivity index (χ2v) is 1.58. The molecule has 0 aliphatic rings. The first-order valence-corrected chi connectivity index (χ1v) is 3.09. The molecular weight excluding hydrogens is 128 g/mol. The summed E-state index contributed by atoms with van der Waals surface area (Å²) in [4.78, 5) is 9.87. The Labute approximate surface area is 62.0 Å². The van der Waals surface area contributed by atoms with E-state index in [1.165, 1.54) is 0 Å².